The summed E-state index contributed by atoms with van der Waals surface area (Å²) in [5.74, 6) is 0. The van der Waals surface area contributed by atoms with Crippen LogP contribution in [0.25, 0.3) is 0 Å². The van der Waals surface area contributed by atoms with Gasteiger partial charge in [-0.2, -0.15) is 13.2 Å². The Kier molecular flexibility index (Phi) is 10.3. The number of rotatable bonds is 8. The van der Waals surface area contributed by atoms with Crippen LogP contribution in [0.1, 0.15) is 53.4 Å². The number of hydrogen-bond donors (Lipinski definition) is 0. The fourth-order valence-corrected chi connectivity index (χ4v) is 1.96. The lowest BCUT2D eigenvalue weighted by molar-refractivity contribution is -0.0937. The zero-order valence-electron chi connectivity index (χ0n) is 13.9. The number of hydrogen-bond acceptors (Lipinski definition) is 1. The molecule has 0 aliphatic heterocycles. The average Bonchev–Trinajstić information content (AvgIpc) is 2.47. The minimum atomic E-state index is -4.21. The van der Waals surface area contributed by atoms with Crippen molar-refractivity contribution in [3.8, 4) is 0 Å². The highest BCUT2D eigenvalue weighted by Crippen LogP contribution is 2.28. The minimum Gasteiger partial charge on any atom is -0.257 e. The molecule has 0 bridgehead atoms. The zero-order chi connectivity index (χ0) is 17.0. The molecule has 4 heteroatoms. The molecule has 0 radical (unpaired) electrons. The number of unbranched alkanes of at least 4 members (excludes halogenated alkanes) is 1. The van der Waals surface area contributed by atoms with Crippen LogP contribution in [-0.4, -0.2) is 12.4 Å². The van der Waals surface area contributed by atoms with Crippen molar-refractivity contribution in [3.05, 3.63) is 47.2 Å². The monoisotopic (exact) mass is 313 g/mol. The largest absolute Gasteiger partial charge is 0.412 e. The zero-order valence-corrected chi connectivity index (χ0v) is 13.9. The molecule has 124 valence electrons. The molecule has 0 spiro atoms. The Morgan fingerprint density at radius 1 is 1.00 bits per heavy atom. The van der Waals surface area contributed by atoms with Crippen molar-refractivity contribution in [1.82, 2.24) is 0 Å². The summed E-state index contributed by atoms with van der Waals surface area (Å²) in [5, 5.41) is 0. The number of halogens is 3. The van der Waals surface area contributed by atoms with Crippen molar-refractivity contribution in [2.45, 2.75) is 59.6 Å². The lowest BCUT2D eigenvalue weighted by Crippen LogP contribution is -2.10. The van der Waals surface area contributed by atoms with Gasteiger partial charge in [0, 0.05) is 11.8 Å². The second-order valence-electron chi connectivity index (χ2n) is 4.72. The van der Waals surface area contributed by atoms with Crippen molar-refractivity contribution < 1.29 is 13.2 Å². The molecule has 0 unspecified atom stereocenters. The molecule has 0 aromatic carbocycles. The molecule has 0 heterocycles. The summed E-state index contributed by atoms with van der Waals surface area (Å²) in [7, 11) is 0. The van der Waals surface area contributed by atoms with Gasteiger partial charge in [0.15, 0.2) is 0 Å². The highest BCUT2D eigenvalue weighted by Gasteiger charge is 2.31. The normalized spacial score (nSPS) is 15.3. The maximum Gasteiger partial charge on any atom is 0.412 e. The van der Waals surface area contributed by atoms with Gasteiger partial charge in [0.2, 0.25) is 0 Å². The molecule has 0 amide bonds. The summed E-state index contributed by atoms with van der Waals surface area (Å²) >= 11 is 0. The van der Waals surface area contributed by atoms with Crippen LogP contribution in [0.3, 0.4) is 0 Å². The van der Waals surface area contributed by atoms with Crippen molar-refractivity contribution in [3.63, 3.8) is 0 Å². The van der Waals surface area contributed by atoms with E-state index in [9.17, 15) is 13.2 Å². The van der Waals surface area contributed by atoms with Gasteiger partial charge in [-0.15, -0.1) is 0 Å². The van der Waals surface area contributed by atoms with E-state index >= 15 is 0 Å². The van der Waals surface area contributed by atoms with Crippen molar-refractivity contribution in [2.24, 2.45) is 4.99 Å². The molecular weight excluding hydrogens is 287 g/mol. The van der Waals surface area contributed by atoms with Crippen LogP contribution in [0.4, 0.5) is 13.2 Å². The Morgan fingerprint density at radius 3 is 2.09 bits per heavy atom. The second kappa shape index (κ2) is 11.0. The van der Waals surface area contributed by atoms with Gasteiger partial charge >= 0.3 is 6.18 Å². The summed E-state index contributed by atoms with van der Waals surface area (Å²) < 4.78 is 37.8. The summed E-state index contributed by atoms with van der Waals surface area (Å²) in [6, 6.07) is 0. The van der Waals surface area contributed by atoms with Crippen LogP contribution >= 0.6 is 0 Å². The lowest BCUT2D eigenvalue weighted by atomic mass is 10.1. The van der Waals surface area contributed by atoms with Gasteiger partial charge in [-0.05, 0) is 51.2 Å². The third kappa shape index (κ3) is 8.01. The van der Waals surface area contributed by atoms with Gasteiger partial charge < -0.3 is 0 Å². The van der Waals surface area contributed by atoms with E-state index in [-0.39, 0.29) is 6.42 Å². The van der Waals surface area contributed by atoms with E-state index in [1.165, 1.54) is 13.0 Å². The summed E-state index contributed by atoms with van der Waals surface area (Å²) in [5.41, 5.74) is 1.48. The van der Waals surface area contributed by atoms with E-state index in [0.29, 0.717) is 12.8 Å². The van der Waals surface area contributed by atoms with E-state index in [2.05, 4.69) is 4.99 Å². The smallest absolute Gasteiger partial charge is 0.257 e. The predicted octanol–water partition coefficient (Wildman–Crippen LogP) is 6.55. The summed E-state index contributed by atoms with van der Waals surface area (Å²) in [4.78, 5) is 4.36. The fourth-order valence-electron chi connectivity index (χ4n) is 1.96. The number of allylic oxidation sites excluding steroid dienone is 7. The van der Waals surface area contributed by atoms with Crippen molar-refractivity contribution in [2.75, 3.05) is 0 Å². The Balaban J connectivity index is 4.84. The molecule has 0 rings (SSSR count). The molecule has 0 saturated heterocycles. The van der Waals surface area contributed by atoms with Crippen molar-refractivity contribution >= 4 is 6.21 Å². The van der Waals surface area contributed by atoms with Crippen LogP contribution in [0, 0.1) is 0 Å². The summed E-state index contributed by atoms with van der Waals surface area (Å²) in [6.07, 6.45) is 8.22. The molecular formula is C18H26F3N. The predicted molar refractivity (Wildman–Crippen MR) is 89.1 cm³/mol. The number of aliphatic imine (C=N–C) groups is 1. The first-order chi connectivity index (χ1) is 10.4. The Morgan fingerprint density at radius 2 is 1.64 bits per heavy atom. The Bertz CT molecular complexity index is 463. The van der Waals surface area contributed by atoms with Crippen LogP contribution in [0.5, 0.6) is 0 Å². The van der Waals surface area contributed by atoms with E-state index in [4.69, 9.17) is 0 Å². The number of alkyl halides is 3. The maximum atomic E-state index is 12.6. The second-order valence-corrected chi connectivity index (χ2v) is 4.72. The molecule has 0 aliphatic rings. The molecule has 0 aromatic heterocycles. The molecule has 1 nitrogen and oxygen atoms in total. The highest BCUT2D eigenvalue weighted by atomic mass is 19.4. The van der Waals surface area contributed by atoms with E-state index in [1.807, 2.05) is 45.1 Å². The minimum absolute atomic E-state index is 0.0155. The molecule has 0 N–H and O–H groups in total. The van der Waals surface area contributed by atoms with Crippen LogP contribution < -0.4 is 0 Å². The lowest BCUT2D eigenvalue weighted by Gasteiger charge is -2.09. The fraction of sp³-hybridized carbons (Fsp3) is 0.500. The first kappa shape index (κ1) is 20.4. The van der Waals surface area contributed by atoms with Crippen LogP contribution in [0.15, 0.2) is 52.2 Å². The third-order valence-electron chi connectivity index (χ3n) is 3.17. The molecule has 0 fully saturated rings. The maximum absolute atomic E-state index is 12.6. The van der Waals surface area contributed by atoms with Gasteiger partial charge in [-0.1, -0.05) is 38.2 Å². The van der Waals surface area contributed by atoms with Crippen LogP contribution in [-0.2, 0) is 0 Å². The standard InChI is InChI=1S/C18H26F3N/c1-5-9-14-22-17(8-4)15(6-2)12-10-11-13-16(7-3)18(19,20)21/h5,8-9,12-14H,6-7,10-11H2,1-4H3/b9-5-,15-12+,16-13?,17-8-,22-14-. The van der Waals surface area contributed by atoms with Gasteiger partial charge in [0.25, 0.3) is 0 Å². The van der Waals surface area contributed by atoms with Gasteiger partial charge in [0.05, 0.1) is 5.70 Å². The SMILES string of the molecule is C\C=C/C=N\C(=C/C)C(=C\CCC=C(CC)C(F)(F)F)\CC. The molecule has 0 aromatic rings. The van der Waals surface area contributed by atoms with E-state index in [1.54, 1.807) is 6.21 Å². The number of nitrogens with zero attached hydrogens (tertiary/aromatic N) is 1. The first-order valence-corrected chi connectivity index (χ1v) is 7.67. The Hall–Kier alpha value is -1.58. The van der Waals surface area contributed by atoms with E-state index < -0.39 is 11.7 Å². The molecule has 0 aliphatic carbocycles. The van der Waals surface area contributed by atoms with Crippen LogP contribution in [0.2, 0.25) is 0 Å². The molecule has 0 atom stereocenters. The summed E-state index contributed by atoms with van der Waals surface area (Å²) in [6.45, 7) is 7.37. The molecule has 0 saturated carbocycles. The average molecular weight is 313 g/mol. The third-order valence-corrected chi connectivity index (χ3v) is 3.17. The Labute approximate surface area is 132 Å². The van der Waals surface area contributed by atoms with E-state index in [0.717, 1.165) is 17.7 Å². The van der Waals surface area contributed by atoms with Gasteiger partial charge in [0.1, 0.15) is 0 Å². The quantitative estimate of drug-likeness (QED) is 0.208. The highest BCUT2D eigenvalue weighted by molar-refractivity contribution is 5.72. The van der Waals surface area contributed by atoms with Gasteiger partial charge in [-0.25, -0.2) is 0 Å². The van der Waals surface area contributed by atoms with Gasteiger partial charge in [-0.3, -0.25) is 4.99 Å². The van der Waals surface area contributed by atoms with Crippen molar-refractivity contribution in [1.29, 1.82) is 0 Å². The topological polar surface area (TPSA) is 12.4 Å². The molecule has 22 heavy (non-hydrogen) atoms. The first-order valence-electron chi connectivity index (χ1n) is 7.67.